The first-order valence-electron chi connectivity index (χ1n) is 10.9. The minimum atomic E-state index is -3.00. The molecule has 1 N–H and O–H groups in total. The van der Waals surface area contributed by atoms with Crippen LogP contribution in [-0.4, -0.2) is 60.9 Å². The molecule has 1 fully saturated rings. The quantitative estimate of drug-likeness (QED) is 0.664. The molecule has 0 radical (unpaired) electrons. The van der Waals surface area contributed by atoms with Crippen LogP contribution in [0.1, 0.15) is 39.2 Å². The van der Waals surface area contributed by atoms with Crippen molar-refractivity contribution in [3.8, 4) is 11.8 Å². The van der Waals surface area contributed by atoms with E-state index in [9.17, 15) is 23.6 Å². The van der Waals surface area contributed by atoms with E-state index in [4.69, 9.17) is 0 Å². The van der Waals surface area contributed by atoms with Crippen LogP contribution < -0.4 is 10.1 Å². The predicted molar refractivity (Wildman–Crippen MR) is 120 cm³/mol. The fourth-order valence-electron chi connectivity index (χ4n) is 4.25. The highest BCUT2D eigenvalue weighted by Gasteiger charge is 2.26. The Morgan fingerprint density at radius 3 is 2.67 bits per heavy atom. The van der Waals surface area contributed by atoms with Crippen molar-refractivity contribution in [2.24, 2.45) is 0 Å². The summed E-state index contributed by atoms with van der Waals surface area (Å²) in [6.07, 6.45) is 3.20. The van der Waals surface area contributed by atoms with Crippen molar-refractivity contribution in [1.82, 2.24) is 9.80 Å². The van der Waals surface area contributed by atoms with E-state index in [2.05, 4.69) is 21.0 Å². The van der Waals surface area contributed by atoms with Gasteiger partial charge in [0.1, 0.15) is 16.8 Å². The molecule has 1 saturated heterocycles. The van der Waals surface area contributed by atoms with Gasteiger partial charge in [-0.1, -0.05) is 12.1 Å². The summed E-state index contributed by atoms with van der Waals surface area (Å²) in [5.74, 6) is -0.616. The molecule has 33 heavy (non-hydrogen) atoms. The van der Waals surface area contributed by atoms with Crippen molar-refractivity contribution in [3.05, 3.63) is 45.8 Å². The zero-order valence-electron chi connectivity index (χ0n) is 18.0. The van der Waals surface area contributed by atoms with Gasteiger partial charge in [-0.05, 0) is 37.0 Å². The van der Waals surface area contributed by atoms with Gasteiger partial charge in [-0.2, -0.15) is 14.0 Å². The van der Waals surface area contributed by atoms with Crippen LogP contribution in [0.15, 0.2) is 24.3 Å². The van der Waals surface area contributed by atoms with Crippen molar-refractivity contribution in [1.29, 1.82) is 5.26 Å². The van der Waals surface area contributed by atoms with Gasteiger partial charge in [0.2, 0.25) is 5.91 Å². The fourth-order valence-corrected chi connectivity index (χ4v) is 5.50. The number of aryl methyl sites for hydroxylation is 1. The van der Waals surface area contributed by atoms with Gasteiger partial charge in [0.15, 0.2) is 0 Å². The number of carbonyl (C=O) groups is 2. The number of benzene rings is 1. The lowest BCUT2D eigenvalue weighted by atomic mass is 10.1. The number of amides is 2. The van der Waals surface area contributed by atoms with Gasteiger partial charge < -0.3 is 15.0 Å². The Kier molecular flexibility index (Phi) is 7.20. The molecule has 0 saturated carbocycles. The van der Waals surface area contributed by atoms with E-state index in [0.717, 1.165) is 24.8 Å². The standard InChI is InChI=1S/C23H24F2N4O3S/c24-23(25)32-18-6-2-1-4-16(18)22(31)29-12-10-28(11-13-29)9-8-20(30)27-21-17(14-26)15-5-3-7-19(15)33-21/h1-2,4,6,23H,3,5,7-13H2,(H,27,30). The van der Waals surface area contributed by atoms with Crippen LogP contribution in [0.25, 0.3) is 0 Å². The molecule has 0 atom stereocenters. The van der Waals surface area contributed by atoms with Crippen LogP contribution in [-0.2, 0) is 17.6 Å². The lowest BCUT2D eigenvalue weighted by molar-refractivity contribution is -0.116. The lowest BCUT2D eigenvalue weighted by Crippen LogP contribution is -2.49. The molecule has 2 heterocycles. The largest absolute Gasteiger partial charge is 0.434 e. The Morgan fingerprint density at radius 1 is 1.18 bits per heavy atom. The van der Waals surface area contributed by atoms with E-state index >= 15 is 0 Å². The second-order valence-electron chi connectivity index (χ2n) is 7.98. The number of para-hydroxylation sites is 1. The summed E-state index contributed by atoms with van der Waals surface area (Å²) in [4.78, 5) is 30.1. The van der Waals surface area contributed by atoms with Crippen molar-refractivity contribution >= 4 is 28.2 Å². The first-order chi connectivity index (χ1) is 16.0. The number of carbonyl (C=O) groups excluding carboxylic acids is 2. The molecular formula is C23H24F2N4O3S. The van der Waals surface area contributed by atoms with Gasteiger partial charge in [0.05, 0.1) is 11.1 Å². The van der Waals surface area contributed by atoms with Crippen molar-refractivity contribution in [3.63, 3.8) is 0 Å². The average molecular weight is 475 g/mol. The molecule has 1 aromatic heterocycles. The van der Waals surface area contributed by atoms with E-state index in [1.807, 2.05) is 0 Å². The van der Waals surface area contributed by atoms with Gasteiger partial charge >= 0.3 is 6.61 Å². The zero-order chi connectivity index (χ0) is 23.4. The zero-order valence-corrected chi connectivity index (χ0v) is 18.8. The maximum Gasteiger partial charge on any atom is 0.387 e. The fraction of sp³-hybridized carbons (Fsp3) is 0.435. The van der Waals surface area contributed by atoms with E-state index < -0.39 is 6.61 Å². The minimum Gasteiger partial charge on any atom is -0.434 e. The number of piperazine rings is 1. The maximum absolute atomic E-state index is 12.8. The van der Waals surface area contributed by atoms with Crippen LogP contribution in [0.3, 0.4) is 0 Å². The molecule has 2 aromatic rings. The van der Waals surface area contributed by atoms with Gasteiger partial charge in [0.25, 0.3) is 5.91 Å². The Hall–Kier alpha value is -3.03. The number of hydrogen-bond acceptors (Lipinski definition) is 6. The number of nitriles is 1. The molecule has 174 valence electrons. The average Bonchev–Trinajstić information content (AvgIpc) is 3.38. The smallest absolute Gasteiger partial charge is 0.387 e. The number of halogens is 2. The van der Waals surface area contributed by atoms with Crippen LogP contribution in [0.4, 0.5) is 13.8 Å². The van der Waals surface area contributed by atoms with E-state index in [0.29, 0.717) is 43.3 Å². The van der Waals surface area contributed by atoms with Crippen molar-refractivity contribution in [2.45, 2.75) is 32.3 Å². The first kappa shape index (κ1) is 23.1. The number of hydrogen-bond donors (Lipinski definition) is 1. The molecule has 1 aromatic carbocycles. The monoisotopic (exact) mass is 474 g/mol. The summed E-state index contributed by atoms with van der Waals surface area (Å²) in [7, 11) is 0. The molecular weight excluding hydrogens is 450 g/mol. The summed E-state index contributed by atoms with van der Waals surface area (Å²) in [6, 6.07) is 8.22. The molecule has 7 nitrogen and oxygen atoms in total. The molecule has 2 aliphatic rings. The first-order valence-corrected chi connectivity index (χ1v) is 11.7. The van der Waals surface area contributed by atoms with E-state index in [-0.39, 0.29) is 29.5 Å². The van der Waals surface area contributed by atoms with Crippen LogP contribution >= 0.6 is 11.3 Å². The second-order valence-corrected chi connectivity index (χ2v) is 9.09. The third kappa shape index (κ3) is 5.31. The van der Waals surface area contributed by atoms with Crippen LogP contribution in [0.5, 0.6) is 5.75 Å². The Morgan fingerprint density at radius 2 is 1.94 bits per heavy atom. The third-order valence-electron chi connectivity index (χ3n) is 5.93. The van der Waals surface area contributed by atoms with Crippen molar-refractivity contribution in [2.75, 3.05) is 38.0 Å². The Balaban J connectivity index is 1.26. The molecule has 1 aliphatic carbocycles. The van der Waals surface area contributed by atoms with Gasteiger partial charge in [-0.3, -0.25) is 14.5 Å². The number of anilines is 1. The number of nitrogens with one attached hydrogen (secondary N) is 1. The number of alkyl halides is 2. The molecule has 0 bridgehead atoms. The Labute approximate surface area is 194 Å². The number of fused-ring (bicyclic) bond motifs is 1. The normalized spacial score (nSPS) is 15.9. The highest BCUT2D eigenvalue weighted by molar-refractivity contribution is 7.16. The summed E-state index contributed by atoms with van der Waals surface area (Å²) in [5, 5.41) is 13.0. The number of rotatable bonds is 7. The Bertz CT molecular complexity index is 1070. The van der Waals surface area contributed by atoms with Gasteiger partial charge in [0, 0.05) is 44.0 Å². The number of thiophene rings is 1. The van der Waals surface area contributed by atoms with E-state index in [1.165, 1.54) is 28.3 Å². The lowest BCUT2D eigenvalue weighted by Gasteiger charge is -2.34. The highest BCUT2D eigenvalue weighted by atomic mass is 32.1. The van der Waals surface area contributed by atoms with Gasteiger partial charge in [-0.25, -0.2) is 0 Å². The molecule has 2 amide bonds. The molecule has 1 aliphatic heterocycles. The summed E-state index contributed by atoms with van der Waals surface area (Å²) in [5.41, 5.74) is 1.80. The summed E-state index contributed by atoms with van der Waals surface area (Å²) in [6.45, 7) is -0.451. The van der Waals surface area contributed by atoms with E-state index in [1.54, 1.807) is 17.0 Å². The van der Waals surface area contributed by atoms with Crippen LogP contribution in [0, 0.1) is 11.3 Å². The van der Waals surface area contributed by atoms with Crippen LogP contribution in [0.2, 0.25) is 0 Å². The highest BCUT2D eigenvalue weighted by Crippen LogP contribution is 2.38. The SMILES string of the molecule is N#Cc1c(NC(=O)CCN2CCN(C(=O)c3ccccc3OC(F)F)CC2)sc2c1CCC2. The molecule has 0 unspecified atom stereocenters. The van der Waals surface area contributed by atoms with Crippen molar-refractivity contribution < 1.29 is 23.1 Å². The predicted octanol–water partition coefficient (Wildman–Crippen LogP) is 3.50. The third-order valence-corrected chi connectivity index (χ3v) is 7.14. The van der Waals surface area contributed by atoms with Gasteiger partial charge in [-0.15, -0.1) is 11.3 Å². The molecule has 0 spiro atoms. The number of nitrogens with zero attached hydrogens (tertiary/aromatic N) is 3. The maximum atomic E-state index is 12.8. The summed E-state index contributed by atoms with van der Waals surface area (Å²) >= 11 is 1.50. The second kappa shape index (κ2) is 10.3. The molecule has 10 heteroatoms. The minimum absolute atomic E-state index is 0.113. The summed E-state index contributed by atoms with van der Waals surface area (Å²) < 4.78 is 29.7. The topological polar surface area (TPSA) is 85.7 Å². The molecule has 4 rings (SSSR count). The number of ether oxygens (including phenoxy) is 1.